The van der Waals surface area contributed by atoms with E-state index in [1.807, 2.05) is 54.6 Å². The van der Waals surface area contributed by atoms with Crippen LogP contribution in [0, 0.1) is 6.92 Å². The Kier molecular flexibility index (Phi) is 5.25. The molecule has 2 aromatic heterocycles. The van der Waals surface area contributed by atoms with Gasteiger partial charge in [0.05, 0.1) is 6.04 Å². The number of nitrogens with zero attached hydrogens (tertiary/aromatic N) is 4. The van der Waals surface area contributed by atoms with Crippen LogP contribution in [-0.2, 0) is 17.6 Å². The zero-order chi connectivity index (χ0) is 22.1. The molecule has 1 unspecified atom stereocenters. The monoisotopic (exact) mass is 425 g/mol. The summed E-state index contributed by atoms with van der Waals surface area (Å²) < 4.78 is 5.75. The maximum Gasteiger partial charge on any atom is 0.248 e. The molecule has 5 rings (SSSR count). The molecule has 0 spiro atoms. The van der Waals surface area contributed by atoms with E-state index in [0.717, 1.165) is 33.5 Å². The third kappa shape index (κ3) is 3.78. The fourth-order valence-electron chi connectivity index (χ4n) is 4.20. The Morgan fingerprint density at radius 2 is 1.88 bits per heavy atom. The van der Waals surface area contributed by atoms with Crippen molar-refractivity contribution in [3.05, 3.63) is 84.0 Å². The van der Waals surface area contributed by atoms with Gasteiger partial charge < -0.3 is 15.1 Å². The number of hydrogen-bond donors (Lipinski definition) is 1. The second kappa shape index (κ2) is 8.36. The van der Waals surface area contributed by atoms with E-state index in [0.29, 0.717) is 31.2 Å². The molecule has 1 atom stereocenters. The number of benzene rings is 2. The van der Waals surface area contributed by atoms with E-state index in [9.17, 15) is 4.79 Å². The maximum atomic E-state index is 13.4. The highest BCUT2D eigenvalue weighted by molar-refractivity contribution is 6.01. The normalized spacial score (nSPS) is 13.8. The average Bonchev–Trinajstić information content (AvgIpc) is 3.45. The minimum absolute atomic E-state index is 0.0906. The summed E-state index contributed by atoms with van der Waals surface area (Å²) in [5.74, 6) is 0.864. The molecule has 0 bridgehead atoms. The Morgan fingerprint density at radius 1 is 1.09 bits per heavy atom. The van der Waals surface area contributed by atoms with Crippen LogP contribution in [0.25, 0.3) is 22.6 Å². The van der Waals surface area contributed by atoms with Gasteiger partial charge in [-0.15, -0.1) is 10.2 Å². The van der Waals surface area contributed by atoms with Crippen molar-refractivity contribution in [3.63, 3.8) is 0 Å². The van der Waals surface area contributed by atoms with Crippen molar-refractivity contribution >= 4 is 11.6 Å². The topological polar surface area (TPSA) is 98.1 Å². The number of rotatable bonds is 5. The van der Waals surface area contributed by atoms with E-state index < -0.39 is 6.04 Å². The van der Waals surface area contributed by atoms with Crippen molar-refractivity contribution in [2.75, 3.05) is 11.4 Å². The van der Waals surface area contributed by atoms with E-state index in [4.69, 9.17) is 10.2 Å². The number of fused-ring (bicyclic) bond motifs is 1. The highest BCUT2D eigenvalue weighted by Gasteiger charge is 2.32. The molecule has 2 N–H and O–H groups in total. The number of aryl methyl sites for hydroxylation is 1. The number of pyridine rings is 1. The molecule has 1 aliphatic heterocycles. The number of nitrogens with two attached hydrogens (primary N) is 1. The summed E-state index contributed by atoms with van der Waals surface area (Å²) in [7, 11) is 0. The van der Waals surface area contributed by atoms with Crippen LogP contribution in [0.4, 0.5) is 5.69 Å². The third-order valence-electron chi connectivity index (χ3n) is 5.75. The van der Waals surface area contributed by atoms with Gasteiger partial charge in [0, 0.05) is 37.1 Å². The van der Waals surface area contributed by atoms with Crippen LogP contribution < -0.4 is 10.6 Å². The molecule has 4 aromatic rings. The summed E-state index contributed by atoms with van der Waals surface area (Å²) in [4.78, 5) is 19.3. The summed E-state index contributed by atoms with van der Waals surface area (Å²) in [5.41, 5.74) is 12.1. The van der Waals surface area contributed by atoms with Gasteiger partial charge in [0.2, 0.25) is 17.7 Å². The van der Waals surface area contributed by atoms with Crippen molar-refractivity contribution in [1.29, 1.82) is 0 Å². The number of carbonyl (C=O) groups excluding carboxylic acids is 1. The number of hydrogen-bond acceptors (Lipinski definition) is 6. The number of anilines is 1. The van der Waals surface area contributed by atoms with Crippen LogP contribution in [0.5, 0.6) is 0 Å². The molecule has 1 amide bonds. The summed E-state index contributed by atoms with van der Waals surface area (Å²) in [6.07, 6.45) is 4.69. The Hall–Kier alpha value is -3.84. The van der Waals surface area contributed by atoms with Gasteiger partial charge in [-0.05, 0) is 59.4 Å². The first-order valence-electron chi connectivity index (χ1n) is 10.6. The lowest BCUT2D eigenvalue weighted by atomic mass is 9.97. The molecule has 0 aliphatic carbocycles. The highest BCUT2D eigenvalue weighted by Crippen LogP contribution is 2.40. The summed E-state index contributed by atoms with van der Waals surface area (Å²) in [6, 6.07) is 17.2. The van der Waals surface area contributed by atoms with Gasteiger partial charge in [0.15, 0.2) is 0 Å². The van der Waals surface area contributed by atoms with Gasteiger partial charge in [-0.25, -0.2) is 0 Å². The number of amides is 1. The van der Waals surface area contributed by atoms with Crippen LogP contribution in [0.1, 0.15) is 17.0 Å². The number of aromatic nitrogens is 3. The Morgan fingerprint density at radius 3 is 2.59 bits per heavy atom. The molecular formula is C25H23N5O2. The zero-order valence-corrected chi connectivity index (χ0v) is 17.7. The molecule has 160 valence electrons. The maximum absolute atomic E-state index is 13.4. The van der Waals surface area contributed by atoms with E-state index in [-0.39, 0.29) is 5.91 Å². The molecule has 1 aliphatic rings. The lowest BCUT2D eigenvalue weighted by Gasteiger charge is -2.22. The SMILES string of the molecule is Cc1nnc(-c2cc(-c3ccncc3)cc3c2CCN3C(=O)C(N)Cc2ccccc2)o1. The van der Waals surface area contributed by atoms with Gasteiger partial charge in [-0.1, -0.05) is 30.3 Å². The minimum Gasteiger partial charge on any atom is -0.421 e. The van der Waals surface area contributed by atoms with Gasteiger partial charge in [-0.3, -0.25) is 9.78 Å². The van der Waals surface area contributed by atoms with Crippen molar-refractivity contribution in [1.82, 2.24) is 15.2 Å². The first-order valence-corrected chi connectivity index (χ1v) is 10.6. The van der Waals surface area contributed by atoms with Crippen LogP contribution >= 0.6 is 0 Å². The molecular weight excluding hydrogens is 402 g/mol. The van der Waals surface area contributed by atoms with Crippen LogP contribution in [0.3, 0.4) is 0 Å². The van der Waals surface area contributed by atoms with E-state index >= 15 is 0 Å². The molecule has 7 nitrogen and oxygen atoms in total. The molecule has 0 saturated carbocycles. The second-order valence-electron chi connectivity index (χ2n) is 7.92. The lowest BCUT2D eigenvalue weighted by molar-refractivity contribution is -0.119. The quantitative estimate of drug-likeness (QED) is 0.525. The first kappa shape index (κ1) is 20.1. The van der Waals surface area contributed by atoms with Gasteiger partial charge >= 0.3 is 0 Å². The smallest absolute Gasteiger partial charge is 0.248 e. The van der Waals surface area contributed by atoms with Crippen LogP contribution in [0.15, 0.2) is 71.4 Å². The fraction of sp³-hybridized carbons (Fsp3) is 0.200. The summed E-state index contributed by atoms with van der Waals surface area (Å²) in [6.45, 7) is 2.33. The highest BCUT2D eigenvalue weighted by atomic mass is 16.4. The van der Waals surface area contributed by atoms with E-state index in [1.165, 1.54) is 0 Å². The largest absolute Gasteiger partial charge is 0.421 e. The van der Waals surface area contributed by atoms with Gasteiger partial charge in [0.25, 0.3) is 0 Å². The molecule has 7 heteroatoms. The van der Waals surface area contributed by atoms with E-state index in [2.05, 4.69) is 15.2 Å². The third-order valence-corrected chi connectivity index (χ3v) is 5.75. The summed E-state index contributed by atoms with van der Waals surface area (Å²) in [5, 5.41) is 8.22. The standard InChI is InChI=1S/C25H23N5O2/c1-16-28-29-24(32-16)21-14-19(18-7-10-27-11-8-18)15-23-20(21)9-12-30(23)25(31)22(26)13-17-5-3-2-4-6-17/h2-8,10-11,14-15,22H,9,12-13,26H2,1H3. The van der Waals surface area contributed by atoms with Crippen LogP contribution in [0.2, 0.25) is 0 Å². The van der Waals surface area contributed by atoms with Crippen molar-refractivity contribution in [2.45, 2.75) is 25.8 Å². The Bertz CT molecular complexity index is 1250. The fourth-order valence-corrected chi connectivity index (χ4v) is 4.20. The first-order chi connectivity index (χ1) is 15.6. The molecule has 0 saturated heterocycles. The molecule has 3 heterocycles. The molecule has 0 radical (unpaired) electrons. The minimum atomic E-state index is -0.623. The van der Waals surface area contributed by atoms with Crippen molar-refractivity contribution < 1.29 is 9.21 Å². The Labute approximate surface area is 185 Å². The molecule has 32 heavy (non-hydrogen) atoms. The summed E-state index contributed by atoms with van der Waals surface area (Å²) >= 11 is 0. The second-order valence-corrected chi connectivity index (χ2v) is 7.92. The molecule has 2 aromatic carbocycles. The predicted octanol–water partition coefficient (Wildman–Crippen LogP) is 3.57. The van der Waals surface area contributed by atoms with Crippen LogP contribution in [-0.4, -0.2) is 33.7 Å². The lowest BCUT2D eigenvalue weighted by Crippen LogP contribution is -2.44. The predicted molar refractivity (Wildman–Crippen MR) is 122 cm³/mol. The average molecular weight is 425 g/mol. The van der Waals surface area contributed by atoms with Gasteiger partial charge in [0.1, 0.15) is 0 Å². The Balaban J connectivity index is 1.54. The zero-order valence-electron chi connectivity index (χ0n) is 17.7. The van der Waals surface area contributed by atoms with Crippen molar-refractivity contribution in [2.24, 2.45) is 5.73 Å². The number of carbonyl (C=O) groups is 1. The van der Waals surface area contributed by atoms with Crippen molar-refractivity contribution in [3.8, 4) is 22.6 Å². The molecule has 0 fully saturated rings. The van der Waals surface area contributed by atoms with Gasteiger partial charge in [-0.2, -0.15) is 0 Å². The van der Waals surface area contributed by atoms with E-state index in [1.54, 1.807) is 24.2 Å².